The molecule has 0 saturated carbocycles. The number of nitrogens with one attached hydrogen (secondary N) is 1. The Morgan fingerprint density at radius 2 is 1.89 bits per heavy atom. The van der Waals surface area contributed by atoms with Crippen molar-refractivity contribution in [3.05, 3.63) is 58.1 Å². The van der Waals surface area contributed by atoms with E-state index in [1.807, 2.05) is 13.0 Å². The summed E-state index contributed by atoms with van der Waals surface area (Å²) in [4.78, 5) is 34.0. The second-order valence-corrected chi connectivity index (χ2v) is 5.45. The maximum Gasteiger partial charge on any atom is 0.344 e. The molecule has 9 nitrogen and oxygen atoms in total. The number of amides is 1. The Labute approximate surface area is 155 Å². The number of ether oxygens (including phenoxy) is 3. The molecular formula is C18H18N2O7. The molecule has 0 atom stereocenters. The van der Waals surface area contributed by atoms with Crippen LogP contribution in [-0.2, 0) is 14.3 Å². The third-order valence-corrected chi connectivity index (χ3v) is 3.39. The standard InChI is InChI=1S/C18H18N2O7/c1-12-4-3-5-14(8-12)26-11-18(22)27-10-17(21)19-15-7-6-13(25-2)9-16(15)20(23)24/h3-9H,10-11H2,1-2H3,(H,19,21). The molecule has 0 bridgehead atoms. The summed E-state index contributed by atoms with van der Waals surface area (Å²) in [5.41, 5.74) is 0.607. The fraction of sp³-hybridized carbons (Fsp3) is 0.222. The van der Waals surface area contributed by atoms with Crippen LogP contribution in [-0.4, -0.2) is 37.1 Å². The predicted octanol–water partition coefficient (Wildman–Crippen LogP) is 2.47. The van der Waals surface area contributed by atoms with Crippen LogP contribution in [0.5, 0.6) is 11.5 Å². The van der Waals surface area contributed by atoms with Crippen molar-refractivity contribution < 1.29 is 28.7 Å². The van der Waals surface area contributed by atoms with Crippen LogP contribution in [0.4, 0.5) is 11.4 Å². The molecule has 142 valence electrons. The number of esters is 1. The Bertz CT molecular complexity index is 851. The molecule has 0 fully saturated rings. The number of rotatable bonds is 8. The van der Waals surface area contributed by atoms with Crippen LogP contribution in [0.2, 0.25) is 0 Å². The third-order valence-electron chi connectivity index (χ3n) is 3.39. The number of aryl methyl sites for hydroxylation is 1. The van der Waals surface area contributed by atoms with Gasteiger partial charge in [-0.15, -0.1) is 0 Å². The van der Waals surface area contributed by atoms with E-state index >= 15 is 0 Å². The first-order valence-corrected chi connectivity index (χ1v) is 7.86. The Balaban J connectivity index is 1.85. The molecule has 0 aliphatic heterocycles. The van der Waals surface area contributed by atoms with E-state index in [-0.39, 0.29) is 23.7 Å². The number of nitrogens with zero attached hydrogens (tertiary/aromatic N) is 1. The first kappa shape index (κ1) is 19.7. The molecule has 27 heavy (non-hydrogen) atoms. The summed E-state index contributed by atoms with van der Waals surface area (Å²) in [6.45, 7) is 0.923. The van der Waals surface area contributed by atoms with Gasteiger partial charge in [-0.25, -0.2) is 4.79 Å². The minimum atomic E-state index is -0.740. The van der Waals surface area contributed by atoms with E-state index < -0.39 is 23.4 Å². The second-order valence-electron chi connectivity index (χ2n) is 5.45. The van der Waals surface area contributed by atoms with Gasteiger partial charge in [0.2, 0.25) is 0 Å². The normalized spacial score (nSPS) is 10.0. The smallest absolute Gasteiger partial charge is 0.344 e. The van der Waals surface area contributed by atoms with Crippen molar-refractivity contribution in [2.45, 2.75) is 6.92 Å². The Kier molecular flexibility index (Phi) is 6.70. The lowest BCUT2D eigenvalue weighted by Crippen LogP contribution is -2.24. The third kappa shape index (κ3) is 5.99. The van der Waals surface area contributed by atoms with Crippen LogP contribution in [0.1, 0.15) is 5.56 Å². The average molecular weight is 374 g/mol. The van der Waals surface area contributed by atoms with Crippen LogP contribution in [0.3, 0.4) is 0 Å². The number of nitro benzene ring substituents is 1. The van der Waals surface area contributed by atoms with Crippen LogP contribution in [0.15, 0.2) is 42.5 Å². The van der Waals surface area contributed by atoms with Crippen LogP contribution in [0.25, 0.3) is 0 Å². The van der Waals surface area contributed by atoms with Gasteiger partial charge in [-0.3, -0.25) is 14.9 Å². The molecule has 9 heteroatoms. The first-order chi connectivity index (χ1) is 12.9. The molecular weight excluding hydrogens is 356 g/mol. The summed E-state index contributed by atoms with van der Waals surface area (Å²) < 4.78 is 15.0. The lowest BCUT2D eigenvalue weighted by atomic mass is 10.2. The van der Waals surface area contributed by atoms with Gasteiger partial charge >= 0.3 is 5.97 Å². The van der Waals surface area contributed by atoms with Crippen molar-refractivity contribution in [1.29, 1.82) is 0 Å². The number of hydrogen-bond acceptors (Lipinski definition) is 7. The van der Waals surface area contributed by atoms with Crippen molar-refractivity contribution in [3.63, 3.8) is 0 Å². The first-order valence-electron chi connectivity index (χ1n) is 7.86. The Morgan fingerprint density at radius 1 is 1.11 bits per heavy atom. The lowest BCUT2D eigenvalue weighted by Gasteiger charge is -2.09. The van der Waals surface area contributed by atoms with Gasteiger partial charge in [0.1, 0.15) is 17.2 Å². The highest BCUT2D eigenvalue weighted by Crippen LogP contribution is 2.28. The van der Waals surface area contributed by atoms with Crippen LogP contribution >= 0.6 is 0 Å². The zero-order valence-electron chi connectivity index (χ0n) is 14.8. The van der Waals surface area contributed by atoms with Gasteiger partial charge in [0, 0.05) is 0 Å². The molecule has 0 radical (unpaired) electrons. The van der Waals surface area contributed by atoms with E-state index in [4.69, 9.17) is 14.2 Å². The van der Waals surface area contributed by atoms with Crippen molar-refractivity contribution in [2.75, 3.05) is 25.6 Å². The summed E-state index contributed by atoms with van der Waals surface area (Å²) >= 11 is 0. The number of carbonyl (C=O) groups is 2. The van der Waals surface area contributed by atoms with E-state index in [1.165, 1.54) is 25.3 Å². The highest BCUT2D eigenvalue weighted by atomic mass is 16.6. The largest absolute Gasteiger partial charge is 0.496 e. The lowest BCUT2D eigenvalue weighted by molar-refractivity contribution is -0.384. The number of methoxy groups -OCH3 is 1. The minimum absolute atomic E-state index is 0.0298. The minimum Gasteiger partial charge on any atom is -0.496 e. The van der Waals surface area contributed by atoms with E-state index in [0.717, 1.165) is 5.56 Å². The Morgan fingerprint density at radius 3 is 2.56 bits per heavy atom. The molecule has 0 saturated heterocycles. The van der Waals surface area contributed by atoms with Gasteiger partial charge in [0.05, 0.1) is 18.1 Å². The second kappa shape index (κ2) is 9.18. The monoisotopic (exact) mass is 374 g/mol. The molecule has 0 heterocycles. The average Bonchev–Trinajstić information content (AvgIpc) is 2.65. The summed E-state index contributed by atoms with van der Waals surface area (Å²) in [5.74, 6) is -0.673. The predicted molar refractivity (Wildman–Crippen MR) is 95.9 cm³/mol. The zero-order valence-corrected chi connectivity index (χ0v) is 14.8. The fourth-order valence-electron chi connectivity index (χ4n) is 2.12. The highest BCUT2D eigenvalue weighted by Gasteiger charge is 2.18. The van der Waals surface area contributed by atoms with Gasteiger partial charge < -0.3 is 19.5 Å². The number of anilines is 1. The van der Waals surface area contributed by atoms with Gasteiger partial charge in [-0.05, 0) is 36.8 Å². The number of carbonyl (C=O) groups excluding carboxylic acids is 2. The number of nitro groups is 1. The molecule has 0 aromatic heterocycles. The number of benzene rings is 2. The van der Waals surface area contributed by atoms with Crippen molar-refractivity contribution >= 4 is 23.3 Å². The SMILES string of the molecule is COc1ccc(NC(=O)COC(=O)COc2cccc(C)c2)c([N+](=O)[O-])c1. The fourth-order valence-corrected chi connectivity index (χ4v) is 2.12. The molecule has 1 amide bonds. The molecule has 2 rings (SSSR count). The quantitative estimate of drug-likeness (QED) is 0.428. The van der Waals surface area contributed by atoms with Gasteiger partial charge in [-0.1, -0.05) is 12.1 Å². The summed E-state index contributed by atoms with van der Waals surface area (Å²) in [7, 11) is 1.37. The molecule has 0 aliphatic carbocycles. The van der Waals surface area contributed by atoms with E-state index in [0.29, 0.717) is 5.75 Å². The zero-order chi connectivity index (χ0) is 19.8. The van der Waals surface area contributed by atoms with Crippen LogP contribution in [0, 0.1) is 17.0 Å². The molecule has 2 aromatic rings. The molecule has 0 aliphatic rings. The van der Waals surface area contributed by atoms with Gasteiger partial charge in [0.25, 0.3) is 11.6 Å². The van der Waals surface area contributed by atoms with E-state index in [1.54, 1.807) is 18.2 Å². The molecule has 0 unspecified atom stereocenters. The molecule has 0 spiro atoms. The topological polar surface area (TPSA) is 117 Å². The maximum absolute atomic E-state index is 11.9. The van der Waals surface area contributed by atoms with Gasteiger partial charge in [0.15, 0.2) is 13.2 Å². The Hall–Kier alpha value is -3.62. The summed E-state index contributed by atoms with van der Waals surface area (Å²) in [5, 5.41) is 13.4. The maximum atomic E-state index is 11.9. The van der Waals surface area contributed by atoms with Crippen molar-refractivity contribution in [2.24, 2.45) is 0 Å². The number of hydrogen-bond donors (Lipinski definition) is 1. The van der Waals surface area contributed by atoms with Gasteiger partial charge in [-0.2, -0.15) is 0 Å². The van der Waals surface area contributed by atoms with E-state index in [9.17, 15) is 19.7 Å². The highest BCUT2D eigenvalue weighted by molar-refractivity contribution is 5.95. The van der Waals surface area contributed by atoms with Crippen molar-refractivity contribution in [3.8, 4) is 11.5 Å². The summed E-state index contributed by atoms with van der Waals surface area (Å²) in [6.07, 6.45) is 0. The van der Waals surface area contributed by atoms with Crippen LogP contribution < -0.4 is 14.8 Å². The van der Waals surface area contributed by atoms with E-state index in [2.05, 4.69) is 5.32 Å². The van der Waals surface area contributed by atoms with Crippen molar-refractivity contribution in [1.82, 2.24) is 0 Å². The molecule has 2 aromatic carbocycles. The summed E-state index contributed by atoms with van der Waals surface area (Å²) in [6, 6.07) is 11.1. The molecule has 1 N–H and O–H groups in total.